The van der Waals surface area contributed by atoms with Crippen LogP contribution < -0.4 is 11.1 Å². The molecule has 0 aliphatic carbocycles. The smallest absolute Gasteiger partial charge is 0.232 e. The van der Waals surface area contributed by atoms with Crippen molar-refractivity contribution < 1.29 is 0 Å². The summed E-state index contributed by atoms with van der Waals surface area (Å²) in [5.74, 6) is 1.29. The molecular weight excluding hydrogens is 360 g/mol. The number of nitrogens with two attached hydrogens (primary N) is 1. The minimum absolute atomic E-state index is 0.0249. The largest absolute Gasteiger partial charge is 0.368 e. The third-order valence-corrected chi connectivity index (χ3v) is 4.98. The van der Waals surface area contributed by atoms with Gasteiger partial charge in [-0.05, 0) is 48.5 Å². The Bertz CT molecular complexity index is 1110. The molecule has 6 heteroatoms. The van der Waals surface area contributed by atoms with E-state index in [2.05, 4.69) is 81.6 Å². The molecule has 0 fully saturated rings. The van der Waals surface area contributed by atoms with E-state index in [0.29, 0.717) is 11.8 Å². The van der Waals surface area contributed by atoms with Gasteiger partial charge in [0.15, 0.2) is 5.82 Å². The maximum absolute atomic E-state index is 5.95. The molecule has 146 valence electrons. The molecule has 0 aliphatic rings. The van der Waals surface area contributed by atoms with E-state index in [1.54, 1.807) is 0 Å². The van der Waals surface area contributed by atoms with Crippen LogP contribution in [0.5, 0.6) is 0 Å². The molecule has 3 aromatic carbocycles. The van der Waals surface area contributed by atoms with E-state index in [0.717, 1.165) is 12.2 Å². The highest BCUT2D eigenvalue weighted by molar-refractivity contribution is 5.82. The Labute approximate surface area is 170 Å². The fourth-order valence-electron chi connectivity index (χ4n) is 3.26. The molecule has 0 aliphatic heterocycles. The number of nitrogens with one attached hydrogen (secondary N) is 1. The van der Waals surface area contributed by atoms with Gasteiger partial charge in [-0.1, -0.05) is 54.6 Å². The van der Waals surface area contributed by atoms with Crippen molar-refractivity contribution in [1.82, 2.24) is 19.9 Å². The van der Waals surface area contributed by atoms with E-state index < -0.39 is 0 Å². The second-order valence-corrected chi connectivity index (χ2v) is 7.14. The van der Waals surface area contributed by atoms with Crippen LogP contribution in [0.25, 0.3) is 10.8 Å². The summed E-state index contributed by atoms with van der Waals surface area (Å²) in [6, 6.07) is 24.7. The standard InChI is InChI=1S/C23H24N6/c1-16(29(2)15-17-12-13-18-8-6-7-9-19(18)14-17)21-26-22(24)28-23(27-21)25-20-10-4-3-5-11-20/h3-14,16H,15H2,1-2H3,(H3,24,25,26,27,28)/t16-/m0/s1. The lowest BCUT2D eigenvalue weighted by Gasteiger charge is -2.24. The van der Waals surface area contributed by atoms with Crippen molar-refractivity contribution in [3.8, 4) is 0 Å². The van der Waals surface area contributed by atoms with Gasteiger partial charge in [-0.2, -0.15) is 15.0 Å². The van der Waals surface area contributed by atoms with Gasteiger partial charge in [0.25, 0.3) is 0 Å². The summed E-state index contributed by atoms with van der Waals surface area (Å²) in [6.07, 6.45) is 0. The summed E-state index contributed by atoms with van der Waals surface area (Å²) in [5.41, 5.74) is 8.09. The fourth-order valence-corrected chi connectivity index (χ4v) is 3.26. The second kappa shape index (κ2) is 8.24. The second-order valence-electron chi connectivity index (χ2n) is 7.14. The Morgan fingerprint density at radius 1 is 0.897 bits per heavy atom. The highest BCUT2D eigenvalue weighted by Gasteiger charge is 2.17. The minimum Gasteiger partial charge on any atom is -0.368 e. The number of nitrogens with zero attached hydrogens (tertiary/aromatic N) is 4. The van der Waals surface area contributed by atoms with Gasteiger partial charge in [-0.15, -0.1) is 0 Å². The molecule has 4 rings (SSSR count). The summed E-state index contributed by atoms with van der Waals surface area (Å²) in [6.45, 7) is 2.85. The Balaban J connectivity index is 1.52. The zero-order valence-corrected chi connectivity index (χ0v) is 16.6. The number of anilines is 3. The van der Waals surface area contributed by atoms with Crippen molar-refractivity contribution in [1.29, 1.82) is 0 Å². The van der Waals surface area contributed by atoms with Crippen LogP contribution in [-0.2, 0) is 6.54 Å². The lowest BCUT2D eigenvalue weighted by Crippen LogP contribution is -2.24. The van der Waals surface area contributed by atoms with Gasteiger partial charge in [0.05, 0.1) is 6.04 Å². The van der Waals surface area contributed by atoms with E-state index in [4.69, 9.17) is 5.73 Å². The van der Waals surface area contributed by atoms with Crippen molar-refractivity contribution in [3.63, 3.8) is 0 Å². The first-order valence-corrected chi connectivity index (χ1v) is 9.60. The van der Waals surface area contributed by atoms with E-state index in [-0.39, 0.29) is 12.0 Å². The maximum Gasteiger partial charge on any atom is 0.232 e. The Kier molecular flexibility index (Phi) is 5.35. The third-order valence-electron chi connectivity index (χ3n) is 4.98. The molecule has 1 heterocycles. The fraction of sp³-hybridized carbons (Fsp3) is 0.174. The van der Waals surface area contributed by atoms with Crippen molar-refractivity contribution >= 4 is 28.4 Å². The minimum atomic E-state index is -0.0249. The van der Waals surface area contributed by atoms with Crippen molar-refractivity contribution in [2.45, 2.75) is 19.5 Å². The van der Waals surface area contributed by atoms with Gasteiger partial charge in [0, 0.05) is 12.2 Å². The SMILES string of the molecule is C[C@@H](c1nc(N)nc(Nc2ccccc2)n1)N(C)Cc1ccc2ccccc2c1. The highest BCUT2D eigenvalue weighted by Crippen LogP contribution is 2.22. The molecule has 1 atom stereocenters. The number of hydrogen-bond donors (Lipinski definition) is 2. The van der Waals surface area contributed by atoms with Crippen molar-refractivity contribution in [3.05, 3.63) is 84.2 Å². The summed E-state index contributed by atoms with van der Waals surface area (Å²) in [7, 11) is 2.06. The number of benzene rings is 3. The average molecular weight is 384 g/mol. The van der Waals surface area contributed by atoms with Gasteiger partial charge in [0.1, 0.15) is 0 Å². The predicted molar refractivity (Wildman–Crippen MR) is 118 cm³/mol. The molecule has 3 N–H and O–H groups in total. The zero-order chi connectivity index (χ0) is 20.2. The summed E-state index contributed by atoms with van der Waals surface area (Å²) in [5, 5.41) is 5.67. The van der Waals surface area contributed by atoms with Crippen molar-refractivity contribution in [2.24, 2.45) is 0 Å². The van der Waals surface area contributed by atoms with Gasteiger partial charge in [-0.25, -0.2) is 0 Å². The number of nitrogen functional groups attached to an aromatic ring is 1. The third kappa shape index (κ3) is 4.50. The van der Waals surface area contributed by atoms with Crippen molar-refractivity contribution in [2.75, 3.05) is 18.1 Å². The normalized spacial score (nSPS) is 12.2. The lowest BCUT2D eigenvalue weighted by atomic mass is 10.1. The van der Waals surface area contributed by atoms with Gasteiger partial charge >= 0.3 is 0 Å². The van der Waals surface area contributed by atoms with Crippen LogP contribution in [0.15, 0.2) is 72.8 Å². The maximum atomic E-state index is 5.95. The molecular formula is C23H24N6. The topological polar surface area (TPSA) is 80.0 Å². The highest BCUT2D eigenvalue weighted by atomic mass is 15.2. The summed E-state index contributed by atoms with van der Waals surface area (Å²) < 4.78 is 0. The van der Waals surface area contributed by atoms with E-state index in [1.807, 2.05) is 30.3 Å². The molecule has 4 aromatic rings. The van der Waals surface area contributed by atoms with Crippen LogP contribution in [0.3, 0.4) is 0 Å². The first-order valence-electron chi connectivity index (χ1n) is 9.60. The lowest BCUT2D eigenvalue weighted by molar-refractivity contribution is 0.244. The Hall–Kier alpha value is -3.51. The molecule has 0 bridgehead atoms. The number of aromatic nitrogens is 3. The van der Waals surface area contributed by atoms with Crippen LogP contribution >= 0.6 is 0 Å². The van der Waals surface area contributed by atoms with E-state index >= 15 is 0 Å². The molecule has 6 nitrogen and oxygen atoms in total. The molecule has 0 amide bonds. The molecule has 0 unspecified atom stereocenters. The molecule has 0 radical (unpaired) electrons. The van der Waals surface area contributed by atoms with Gasteiger partial charge < -0.3 is 11.1 Å². The van der Waals surface area contributed by atoms with Crippen LogP contribution in [0.2, 0.25) is 0 Å². The van der Waals surface area contributed by atoms with Crippen LogP contribution in [0.1, 0.15) is 24.4 Å². The van der Waals surface area contributed by atoms with Crippen LogP contribution in [0, 0.1) is 0 Å². The molecule has 0 saturated heterocycles. The van der Waals surface area contributed by atoms with Crippen LogP contribution in [0.4, 0.5) is 17.6 Å². The zero-order valence-electron chi connectivity index (χ0n) is 16.6. The molecule has 29 heavy (non-hydrogen) atoms. The summed E-state index contributed by atoms with van der Waals surface area (Å²) in [4.78, 5) is 15.4. The Morgan fingerprint density at radius 2 is 1.62 bits per heavy atom. The number of hydrogen-bond acceptors (Lipinski definition) is 6. The first-order chi connectivity index (χ1) is 14.1. The van der Waals surface area contributed by atoms with E-state index in [1.165, 1.54) is 16.3 Å². The van der Waals surface area contributed by atoms with Gasteiger partial charge in [0.2, 0.25) is 11.9 Å². The quantitative estimate of drug-likeness (QED) is 0.508. The van der Waals surface area contributed by atoms with Crippen LogP contribution in [-0.4, -0.2) is 26.9 Å². The number of para-hydroxylation sites is 1. The molecule has 0 spiro atoms. The predicted octanol–water partition coefficient (Wildman–Crippen LogP) is 4.54. The molecule has 1 aromatic heterocycles. The van der Waals surface area contributed by atoms with Gasteiger partial charge in [-0.3, -0.25) is 4.90 Å². The Morgan fingerprint density at radius 3 is 2.41 bits per heavy atom. The average Bonchev–Trinajstić information content (AvgIpc) is 2.73. The number of rotatable bonds is 6. The monoisotopic (exact) mass is 384 g/mol. The summed E-state index contributed by atoms with van der Waals surface area (Å²) >= 11 is 0. The number of fused-ring (bicyclic) bond motifs is 1. The van der Waals surface area contributed by atoms with E-state index in [9.17, 15) is 0 Å². The molecule has 0 saturated carbocycles. The first kappa shape index (κ1) is 18.8.